The fourth-order valence-electron chi connectivity index (χ4n) is 5.77. The predicted molar refractivity (Wildman–Crippen MR) is 157 cm³/mol. The summed E-state index contributed by atoms with van der Waals surface area (Å²) in [6.07, 6.45) is 7.18. The van der Waals surface area contributed by atoms with Crippen LogP contribution < -0.4 is 5.32 Å². The second-order valence-electron chi connectivity index (χ2n) is 10.8. The van der Waals surface area contributed by atoms with Gasteiger partial charge >= 0.3 is 0 Å². The fraction of sp³-hybridized carbons (Fsp3) is 0.382. The van der Waals surface area contributed by atoms with Crippen molar-refractivity contribution in [2.45, 2.75) is 69.8 Å². The molecule has 0 unspecified atom stereocenters. The molecule has 1 amide bonds. The third kappa shape index (κ3) is 7.26. The van der Waals surface area contributed by atoms with E-state index in [1.165, 1.54) is 25.7 Å². The summed E-state index contributed by atoms with van der Waals surface area (Å²) >= 11 is 0. The lowest BCUT2D eigenvalue weighted by Gasteiger charge is -2.39. The van der Waals surface area contributed by atoms with E-state index in [0.717, 1.165) is 41.8 Å². The molecule has 3 aromatic rings. The molecule has 5 rings (SSSR count). The standard InChI is InChI=1S/C34H40N2O4/c1-2-20-36(30-10-6-7-11-30)23-31-21-32(27-16-14-26(24-37)15-17-27)40-34(39-31)29-18-12-25(13-19-29)22-35-33(38)28-8-4-3-5-9-28/h2-5,8-9,12-19,30-32,34,37H,1,6-7,10-11,20-24H2,(H,35,38)/t31-,32+,34+/m1/s1. The molecule has 1 aliphatic carbocycles. The maximum Gasteiger partial charge on any atom is 0.251 e. The molecule has 1 saturated carbocycles. The number of amides is 1. The molecule has 40 heavy (non-hydrogen) atoms. The highest BCUT2D eigenvalue weighted by Crippen LogP contribution is 2.38. The number of carbonyl (C=O) groups excluding carboxylic acids is 1. The van der Waals surface area contributed by atoms with Crippen molar-refractivity contribution in [2.75, 3.05) is 13.1 Å². The monoisotopic (exact) mass is 540 g/mol. The third-order valence-corrected chi connectivity index (χ3v) is 8.00. The van der Waals surface area contributed by atoms with Gasteiger partial charge in [0.15, 0.2) is 6.29 Å². The third-order valence-electron chi connectivity index (χ3n) is 8.00. The van der Waals surface area contributed by atoms with E-state index in [4.69, 9.17) is 9.47 Å². The van der Waals surface area contributed by atoms with Crippen LogP contribution in [0.25, 0.3) is 0 Å². The summed E-state index contributed by atoms with van der Waals surface area (Å²) in [6.45, 7) is 6.17. The van der Waals surface area contributed by atoms with Gasteiger partial charge in [0.05, 0.1) is 18.8 Å². The summed E-state index contributed by atoms with van der Waals surface area (Å²) < 4.78 is 13.1. The molecule has 0 bridgehead atoms. The Morgan fingerprint density at radius 3 is 2.27 bits per heavy atom. The average Bonchev–Trinajstić information content (AvgIpc) is 3.55. The van der Waals surface area contributed by atoms with E-state index in [1.807, 2.05) is 84.9 Å². The Morgan fingerprint density at radius 1 is 0.925 bits per heavy atom. The number of hydrogen-bond acceptors (Lipinski definition) is 5. The van der Waals surface area contributed by atoms with Gasteiger partial charge in [0.2, 0.25) is 0 Å². The van der Waals surface area contributed by atoms with Crippen LogP contribution in [0, 0.1) is 0 Å². The molecule has 210 valence electrons. The summed E-state index contributed by atoms with van der Waals surface area (Å²) in [5.74, 6) is -0.0899. The minimum atomic E-state index is -0.497. The number of nitrogens with one attached hydrogen (secondary N) is 1. The van der Waals surface area contributed by atoms with Crippen LogP contribution in [-0.4, -0.2) is 41.1 Å². The fourth-order valence-corrected chi connectivity index (χ4v) is 5.77. The van der Waals surface area contributed by atoms with Crippen LogP contribution in [0.4, 0.5) is 0 Å². The summed E-state index contributed by atoms with van der Waals surface area (Å²) in [7, 11) is 0. The Kier molecular flexibility index (Phi) is 9.79. The summed E-state index contributed by atoms with van der Waals surface area (Å²) in [4.78, 5) is 15.0. The van der Waals surface area contributed by atoms with E-state index in [2.05, 4.69) is 16.8 Å². The van der Waals surface area contributed by atoms with Crippen LogP contribution in [-0.2, 0) is 22.6 Å². The molecule has 1 saturated heterocycles. The highest BCUT2D eigenvalue weighted by molar-refractivity contribution is 5.94. The molecule has 0 radical (unpaired) electrons. The Morgan fingerprint density at radius 2 is 1.60 bits per heavy atom. The molecule has 0 aromatic heterocycles. The van der Waals surface area contributed by atoms with Crippen molar-refractivity contribution < 1.29 is 19.4 Å². The molecule has 2 aliphatic rings. The number of ether oxygens (including phenoxy) is 2. The lowest BCUT2D eigenvalue weighted by molar-refractivity contribution is -0.253. The maximum absolute atomic E-state index is 12.4. The minimum Gasteiger partial charge on any atom is -0.392 e. The Hall–Kier alpha value is -3.29. The van der Waals surface area contributed by atoms with Crippen molar-refractivity contribution in [1.29, 1.82) is 0 Å². The molecule has 2 N–H and O–H groups in total. The number of hydrogen-bond donors (Lipinski definition) is 2. The molecule has 3 atom stereocenters. The van der Waals surface area contributed by atoms with Gasteiger partial charge < -0.3 is 19.9 Å². The summed E-state index contributed by atoms with van der Waals surface area (Å²) in [6, 6.07) is 25.9. The number of carbonyl (C=O) groups is 1. The van der Waals surface area contributed by atoms with Crippen molar-refractivity contribution >= 4 is 5.91 Å². The molecule has 3 aromatic carbocycles. The maximum atomic E-state index is 12.4. The SMILES string of the molecule is C=CCN(C[C@H]1C[C@@H](c2ccc(CO)cc2)O[C@@H](c2ccc(CNC(=O)c3ccccc3)cc2)O1)C1CCCC1. The minimum absolute atomic E-state index is 0.00616. The molecule has 6 heteroatoms. The van der Waals surface area contributed by atoms with Gasteiger partial charge in [-0.1, -0.05) is 85.6 Å². The van der Waals surface area contributed by atoms with Crippen LogP contribution in [0.15, 0.2) is 91.5 Å². The zero-order chi connectivity index (χ0) is 27.7. The van der Waals surface area contributed by atoms with Crippen molar-refractivity contribution in [3.8, 4) is 0 Å². The van der Waals surface area contributed by atoms with Crippen LogP contribution in [0.2, 0.25) is 0 Å². The normalized spacial score (nSPS) is 21.4. The van der Waals surface area contributed by atoms with E-state index in [0.29, 0.717) is 18.2 Å². The Bertz CT molecular complexity index is 1220. The Balaban J connectivity index is 1.29. The van der Waals surface area contributed by atoms with E-state index in [9.17, 15) is 9.90 Å². The molecule has 6 nitrogen and oxygen atoms in total. The quantitative estimate of drug-likeness (QED) is 0.288. The van der Waals surface area contributed by atoms with Crippen LogP contribution >= 0.6 is 0 Å². The van der Waals surface area contributed by atoms with Gasteiger partial charge in [0, 0.05) is 43.2 Å². The van der Waals surface area contributed by atoms with Gasteiger partial charge in [-0.2, -0.15) is 0 Å². The first-order valence-electron chi connectivity index (χ1n) is 14.4. The largest absolute Gasteiger partial charge is 0.392 e. The zero-order valence-electron chi connectivity index (χ0n) is 23.1. The molecular formula is C34H40N2O4. The summed E-state index contributed by atoms with van der Waals surface area (Å²) in [5, 5.41) is 12.5. The average molecular weight is 541 g/mol. The molecule has 0 spiro atoms. The van der Waals surface area contributed by atoms with E-state index in [-0.39, 0.29) is 24.7 Å². The Labute approximate surface area is 237 Å². The first-order chi connectivity index (χ1) is 19.6. The van der Waals surface area contributed by atoms with Crippen LogP contribution in [0.5, 0.6) is 0 Å². The lowest BCUT2D eigenvalue weighted by atomic mass is 9.99. The smallest absolute Gasteiger partial charge is 0.251 e. The second kappa shape index (κ2) is 13.9. The first-order valence-corrected chi connectivity index (χ1v) is 14.4. The molecule has 2 fully saturated rings. The topological polar surface area (TPSA) is 71.0 Å². The first kappa shape index (κ1) is 28.2. The number of aliphatic hydroxyl groups excluding tert-OH is 1. The van der Waals surface area contributed by atoms with Crippen LogP contribution in [0.1, 0.15) is 77.1 Å². The van der Waals surface area contributed by atoms with Crippen molar-refractivity contribution in [3.63, 3.8) is 0 Å². The summed E-state index contributed by atoms with van der Waals surface area (Å²) in [5.41, 5.74) is 4.59. The molecule has 1 heterocycles. The lowest BCUT2D eigenvalue weighted by Crippen LogP contribution is -2.43. The van der Waals surface area contributed by atoms with E-state index < -0.39 is 6.29 Å². The zero-order valence-corrected chi connectivity index (χ0v) is 23.1. The predicted octanol–water partition coefficient (Wildman–Crippen LogP) is 6.08. The number of benzene rings is 3. The van der Waals surface area contributed by atoms with Gasteiger partial charge in [0.1, 0.15) is 0 Å². The highest BCUT2D eigenvalue weighted by atomic mass is 16.7. The number of nitrogens with zero attached hydrogens (tertiary/aromatic N) is 1. The van der Waals surface area contributed by atoms with E-state index >= 15 is 0 Å². The van der Waals surface area contributed by atoms with Crippen LogP contribution in [0.3, 0.4) is 0 Å². The van der Waals surface area contributed by atoms with Gasteiger partial charge in [-0.05, 0) is 41.7 Å². The molecular weight excluding hydrogens is 500 g/mol. The van der Waals surface area contributed by atoms with Crippen molar-refractivity contribution in [2.24, 2.45) is 0 Å². The van der Waals surface area contributed by atoms with Crippen molar-refractivity contribution in [1.82, 2.24) is 10.2 Å². The number of aliphatic hydroxyl groups is 1. The van der Waals surface area contributed by atoms with Gasteiger partial charge in [0.25, 0.3) is 5.91 Å². The van der Waals surface area contributed by atoms with Gasteiger partial charge in [-0.15, -0.1) is 6.58 Å². The second-order valence-corrected chi connectivity index (χ2v) is 10.8. The van der Waals surface area contributed by atoms with Gasteiger partial charge in [-0.25, -0.2) is 0 Å². The highest BCUT2D eigenvalue weighted by Gasteiger charge is 2.34. The van der Waals surface area contributed by atoms with Crippen molar-refractivity contribution in [3.05, 3.63) is 119 Å². The molecule has 1 aliphatic heterocycles. The van der Waals surface area contributed by atoms with Gasteiger partial charge in [-0.3, -0.25) is 9.69 Å². The van der Waals surface area contributed by atoms with E-state index in [1.54, 1.807) is 0 Å². The number of rotatable bonds is 11.